The first kappa shape index (κ1) is 10.8. The molecule has 0 saturated heterocycles. The van der Waals surface area contributed by atoms with Gasteiger partial charge in [-0.1, -0.05) is 0 Å². The zero-order valence-corrected chi connectivity index (χ0v) is 9.34. The number of carbonyl (C=O) groups is 1. The summed E-state index contributed by atoms with van der Waals surface area (Å²) in [6.07, 6.45) is 3.32. The van der Waals surface area contributed by atoms with Crippen molar-refractivity contribution in [3.8, 4) is 0 Å². The quantitative estimate of drug-likeness (QED) is 0.784. The van der Waals surface area contributed by atoms with Crippen LogP contribution in [0.3, 0.4) is 0 Å². The van der Waals surface area contributed by atoms with Crippen LogP contribution >= 0.6 is 0 Å². The van der Waals surface area contributed by atoms with Crippen LogP contribution in [0, 0.1) is 0 Å². The summed E-state index contributed by atoms with van der Waals surface area (Å²) in [4.78, 5) is 20.1. The van der Waals surface area contributed by atoms with Crippen molar-refractivity contribution >= 4 is 16.9 Å². The zero-order valence-electron chi connectivity index (χ0n) is 9.34. The van der Waals surface area contributed by atoms with Gasteiger partial charge in [0, 0.05) is 17.8 Å². The van der Waals surface area contributed by atoms with Gasteiger partial charge < -0.3 is 10.3 Å². The topological polar surface area (TPSA) is 73.8 Å². The molecular formula is C11H14N4O. The van der Waals surface area contributed by atoms with Gasteiger partial charge in [0.25, 0.3) is 0 Å². The summed E-state index contributed by atoms with van der Waals surface area (Å²) >= 11 is 0. The van der Waals surface area contributed by atoms with Crippen LogP contribution in [0.4, 0.5) is 0 Å². The lowest BCUT2D eigenvalue weighted by molar-refractivity contribution is 0.100. The molecule has 0 radical (unpaired) electrons. The van der Waals surface area contributed by atoms with E-state index in [4.69, 9.17) is 5.73 Å². The number of hydrogen-bond acceptors (Lipinski definition) is 4. The fourth-order valence-electron chi connectivity index (χ4n) is 1.65. The molecule has 0 aliphatic carbocycles. The molecule has 84 valence electrons. The molecule has 0 saturated carbocycles. The van der Waals surface area contributed by atoms with E-state index in [1.54, 1.807) is 18.6 Å². The Morgan fingerprint density at radius 2 is 2.25 bits per heavy atom. The van der Waals surface area contributed by atoms with E-state index in [0.717, 1.165) is 5.65 Å². The van der Waals surface area contributed by atoms with Gasteiger partial charge in [-0.05, 0) is 19.9 Å². The van der Waals surface area contributed by atoms with Crippen LogP contribution in [0.5, 0.6) is 0 Å². The second-order valence-corrected chi connectivity index (χ2v) is 3.90. The first-order valence-electron chi connectivity index (χ1n) is 5.20. The molecule has 0 atom stereocenters. The molecule has 16 heavy (non-hydrogen) atoms. The lowest BCUT2D eigenvalue weighted by Gasteiger charge is -2.07. The number of ketones is 1. The summed E-state index contributed by atoms with van der Waals surface area (Å²) in [7, 11) is 0. The molecule has 2 heterocycles. The highest BCUT2D eigenvalue weighted by Gasteiger charge is 2.14. The number of aromatic nitrogens is 3. The predicted octanol–water partition coefficient (Wildman–Crippen LogP) is 1.15. The first-order valence-corrected chi connectivity index (χ1v) is 5.20. The maximum absolute atomic E-state index is 11.6. The molecule has 2 aromatic heterocycles. The molecule has 2 aromatic rings. The molecule has 5 nitrogen and oxygen atoms in total. The molecule has 0 bridgehead atoms. The fourth-order valence-corrected chi connectivity index (χ4v) is 1.65. The number of Topliss-reactive ketones (excluding diaryl/α,β-unsaturated/α-hetero) is 1. The van der Waals surface area contributed by atoms with Gasteiger partial charge in [-0.2, -0.15) is 0 Å². The molecule has 2 rings (SSSR count). The van der Waals surface area contributed by atoms with Crippen LogP contribution in [0.15, 0.2) is 18.6 Å². The number of hydrogen-bond donors (Lipinski definition) is 1. The van der Waals surface area contributed by atoms with E-state index in [0.29, 0.717) is 11.1 Å². The Morgan fingerprint density at radius 3 is 2.88 bits per heavy atom. The van der Waals surface area contributed by atoms with E-state index in [1.807, 2.05) is 18.4 Å². The third-order valence-corrected chi connectivity index (χ3v) is 2.50. The highest BCUT2D eigenvalue weighted by Crippen LogP contribution is 2.18. The van der Waals surface area contributed by atoms with Crippen molar-refractivity contribution in [3.05, 3.63) is 24.2 Å². The molecule has 0 spiro atoms. The SMILES string of the molecule is CC(C)n1cnc2c(C(=O)CN)ccnc21. The molecule has 0 fully saturated rings. The molecule has 0 unspecified atom stereocenters. The monoisotopic (exact) mass is 218 g/mol. The number of imidazole rings is 1. The number of nitrogens with two attached hydrogens (primary N) is 1. The number of nitrogens with zero attached hydrogens (tertiary/aromatic N) is 3. The van der Waals surface area contributed by atoms with Crippen molar-refractivity contribution < 1.29 is 4.79 Å². The van der Waals surface area contributed by atoms with E-state index >= 15 is 0 Å². The smallest absolute Gasteiger partial charge is 0.178 e. The minimum atomic E-state index is -0.110. The first-order chi connectivity index (χ1) is 7.65. The molecule has 5 heteroatoms. The van der Waals surface area contributed by atoms with Crippen molar-refractivity contribution in [2.75, 3.05) is 6.54 Å². The van der Waals surface area contributed by atoms with Crippen LogP contribution < -0.4 is 5.73 Å². The Morgan fingerprint density at radius 1 is 1.50 bits per heavy atom. The Balaban J connectivity index is 2.66. The number of rotatable bonds is 3. The summed E-state index contributed by atoms with van der Waals surface area (Å²) < 4.78 is 1.93. The fraction of sp³-hybridized carbons (Fsp3) is 0.364. The zero-order chi connectivity index (χ0) is 11.7. The van der Waals surface area contributed by atoms with Gasteiger partial charge in [-0.25, -0.2) is 9.97 Å². The Kier molecular flexibility index (Phi) is 2.70. The molecule has 2 N–H and O–H groups in total. The van der Waals surface area contributed by atoms with Gasteiger partial charge in [-0.3, -0.25) is 4.79 Å². The highest BCUT2D eigenvalue weighted by atomic mass is 16.1. The summed E-state index contributed by atoms with van der Waals surface area (Å²) in [6.45, 7) is 4.08. The minimum absolute atomic E-state index is 0.00630. The Bertz CT molecular complexity index is 530. The van der Waals surface area contributed by atoms with E-state index in [-0.39, 0.29) is 18.4 Å². The standard InChI is InChI=1S/C11H14N4O/c1-7(2)15-6-14-10-8(9(16)5-12)3-4-13-11(10)15/h3-4,6-7H,5,12H2,1-2H3. The average molecular weight is 218 g/mol. The van der Waals surface area contributed by atoms with Crippen molar-refractivity contribution in [2.24, 2.45) is 5.73 Å². The van der Waals surface area contributed by atoms with Crippen LogP contribution in [-0.4, -0.2) is 26.9 Å². The largest absolute Gasteiger partial charge is 0.324 e. The average Bonchev–Trinajstić information content (AvgIpc) is 2.71. The van der Waals surface area contributed by atoms with E-state index in [9.17, 15) is 4.79 Å². The number of pyridine rings is 1. The van der Waals surface area contributed by atoms with Gasteiger partial charge in [-0.15, -0.1) is 0 Å². The van der Waals surface area contributed by atoms with Crippen LogP contribution in [-0.2, 0) is 0 Å². The van der Waals surface area contributed by atoms with Crippen LogP contribution in [0.1, 0.15) is 30.2 Å². The minimum Gasteiger partial charge on any atom is -0.324 e. The normalized spacial score (nSPS) is 11.2. The third-order valence-electron chi connectivity index (χ3n) is 2.50. The van der Waals surface area contributed by atoms with Crippen molar-refractivity contribution in [1.82, 2.24) is 14.5 Å². The van der Waals surface area contributed by atoms with Crippen molar-refractivity contribution in [2.45, 2.75) is 19.9 Å². The molecular weight excluding hydrogens is 204 g/mol. The molecule has 0 aromatic carbocycles. The van der Waals surface area contributed by atoms with Crippen molar-refractivity contribution in [3.63, 3.8) is 0 Å². The van der Waals surface area contributed by atoms with E-state index in [1.165, 1.54) is 0 Å². The maximum Gasteiger partial charge on any atom is 0.178 e. The van der Waals surface area contributed by atoms with E-state index in [2.05, 4.69) is 9.97 Å². The second-order valence-electron chi connectivity index (χ2n) is 3.90. The highest BCUT2D eigenvalue weighted by molar-refractivity contribution is 6.06. The van der Waals surface area contributed by atoms with Crippen molar-refractivity contribution in [1.29, 1.82) is 0 Å². The Labute approximate surface area is 93.3 Å². The Hall–Kier alpha value is -1.75. The lowest BCUT2D eigenvalue weighted by Crippen LogP contribution is -2.14. The van der Waals surface area contributed by atoms with Gasteiger partial charge in [0.2, 0.25) is 0 Å². The van der Waals surface area contributed by atoms with Gasteiger partial charge in [0.15, 0.2) is 11.4 Å². The second kappa shape index (κ2) is 4.02. The third kappa shape index (κ3) is 1.59. The van der Waals surface area contributed by atoms with Gasteiger partial charge in [0.1, 0.15) is 5.52 Å². The summed E-state index contributed by atoms with van der Waals surface area (Å²) in [6, 6.07) is 1.93. The molecule has 0 aliphatic rings. The van der Waals surface area contributed by atoms with E-state index < -0.39 is 0 Å². The summed E-state index contributed by atoms with van der Waals surface area (Å²) in [5.74, 6) is -0.110. The lowest BCUT2D eigenvalue weighted by atomic mass is 10.1. The molecule has 0 amide bonds. The van der Waals surface area contributed by atoms with Crippen LogP contribution in [0.25, 0.3) is 11.2 Å². The van der Waals surface area contributed by atoms with Gasteiger partial charge >= 0.3 is 0 Å². The summed E-state index contributed by atoms with van der Waals surface area (Å²) in [5, 5.41) is 0. The number of carbonyl (C=O) groups excluding carboxylic acids is 1. The van der Waals surface area contributed by atoms with Crippen LogP contribution in [0.2, 0.25) is 0 Å². The predicted molar refractivity (Wildman–Crippen MR) is 61.3 cm³/mol. The maximum atomic E-state index is 11.6. The summed E-state index contributed by atoms with van der Waals surface area (Å²) in [5.41, 5.74) is 7.27. The number of fused-ring (bicyclic) bond motifs is 1. The molecule has 0 aliphatic heterocycles. The van der Waals surface area contributed by atoms with Gasteiger partial charge in [0.05, 0.1) is 12.9 Å².